The molecule has 0 atom stereocenters. The molecular weight excluding hydrogens is 156 g/mol. The van der Waals surface area contributed by atoms with Gasteiger partial charge in [0.15, 0.2) is 0 Å². The third-order valence-corrected chi connectivity index (χ3v) is 1.76. The molecule has 0 saturated carbocycles. The molecular formula is C8H12N2O2. The largest absolute Gasteiger partial charge is 0.274 e. The number of carbonyl (C=O) groups is 2. The van der Waals surface area contributed by atoms with Gasteiger partial charge < -0.3 is 0 Å². The first-order valence-corrected chi connectivity index (χ1v) is 4.03. The Balaban J connectivity index is 2.79. The number of amides is 2. The van der Waals surface area contributed by atoms with E-state index in [0.29, 0.717) is 25.2 Å². The average molecular weight is 168 g/mol. The van der Waals surface area contributed by atoms with Crippen molar-refractivity contribution in [1.29, 1.82) is 0 Å². The minimum atomic E-state index is -0.130. The van der Waals surface area contributed by atoms with Crippen LogP contribution in [0.4, 0.5) is 0 Å². The predicted molar refractivity (Wildman–Crippen MR) is 44.7 cm³/mol. The van der Waals surface area contributed by atoms with Gasteiger partial charge in [-0.15, -0.1) is 0 Å². The summed E-state index contributed by atoms with van der Waals surface area (Å²) in [6.07, 6.45) is 0.658. The monoisotopic (exact) mass is 168 g/mol. The summed E-state index contributed by atoms with van der Waals surface area (Å²) in [7, 11) is 0. The second-order valence-corrected chi connectivity index (χ2v) is 2.64. The van der Waals surface area contributed by atoms with Gasteiger partial charge in [-0.25, -0.2) is 4.90 Å². The first-order chi connectivity index (χ1) is 5.66. The molecule has 1 fully saturated rings. The van der Waals surface area contributed by atoms with Gasteiger partial charge in [-0.3, -0.25) is 14.6 Å². The Bertz CT molecular complexity index is 229. The van der Waals surface area contributed by atoms with Crippen LogP contribution in [0.2, 0.25) is 0 Å². The summed E-state index contributed by atoms with van der Waals surface area (Å²) in [5.41, 5.74) is 0. The number of hydrogen-bond donors (Lipinski definition) is 0. The maximum Gasteiger partial charge on any atom is 0.235 e. The lowest BCUT2D eigenvalue weighted by Gasteiger charge is -2.11. The molecule has 0 radical (unpaired) electrons. The van der Waals surface area contributed by atoms with Crippen molar-refractivity contribution in [2.24, 2.45) is 4.99 Å². The van der Waals surface area contributed by atoms with E-state index in [-0.39, 0.29) is 11.8 Å². The Morgan fingerprint density at radius 3 is 2.33 bits per heavy atom. The molecule has 1 aliphatic rings. The highest BCUT2D eigenvalue weighted by molar-refractivity contribution is 6.15. The van der Waals surface area contributed by atoms with Crippen molar-refractivity contribution in [3.63, 3.8) is 0 Å². The number of aliphatic imine (C=N–C) groups is 1. The molecule has 0 aromatic carbocycles. The molecule has 2 amide bonds. The molecule has 4 heteroatoms. The summed E-state index contributed by atoms with van der Waals surface area (Å²) >= 11 is 0. The van der Waals surface area contributed by atoms with Crippen molar-refractivity contribution >= 4 is 17.6 Å². The number of amidine groups is 1. The van der Waals surface area contributed by atoms with Crippen molar-refractivity contribution in [1.82, 2.24) is 4.90 Å². The zero-order valence-electron chi connectivity index (χ0n) is 7.33. The molecule has 0 aliphatic carbocycles. The van der Waals surface area contributed by atoms with Gasteiger partial charge in [-0.1, -0.05) is 0 Å². The zero-order chi connectivity index (χ0) is 9.14. The highest BCUT2D eigenvalue weighted by Crippen LogP contribution is 2.12. The van der Waals surface area contributed by atoms with E-state index in [1.54, 1.807) is 6.92 Å². The lowest BCUT2D eigenvalue weighted by atomic mass is 10.4. The Labute approximate surface area is 71.3 Å². The van der Waals surface area contributed by atoms with Gasteiger partial charge in [-0.05, 0) is 13.8 Å². The molecule has 12 heavy (non-hydrogen) atoms. The summed E-state index contributed by atoms with van der Waals surface area (Å²) in [6.45, 7) is 4.15. The highest BCUT2D eigenvalue weighted by atomic mass is 16.2. The molecule has 0 bridgehead atoms. The van der Waals surface area contributed by atoms with Crippen LogP contribution in [0.1, 0.15) is 26.7 Å². The highest BCUT2D eigenvalue weighted by Gasteiger charge is 2.30. The van der Waals surface area contributed by atoms with Crippen molar-refractivity contribution < 1.29 is 9.59 Å². The summed E-state index contributed by atoms with van der Waals surface area (Å²) in [5, 5.41) is 0. The number of likely N-dealkylation sites (tertiary alicyclic amines) is 1. The first-order valence-electron chi connectivity index (χ1n) is 4.03. The molecule has 1 heterocycles. The second kappa shape index (κ2) is 3.47. The number of rotatable bonds is 1. The fourth-order valence-electron chi connectivity index (χ4n) is 1.24. The summed E-state index contributed by atoms with van der Waals surface area (Å²) in [6, 6.07) is 0. The van der Waals surface area contributed by atoms with Crippen LogP contribution in [0.3, 0.4) is 0 Å². The first kappa shape index (κ1) is 8.90. The lowest BCUT2D eigenvalue weighted by Crippen LogP contribution is -2.33. The van der Waals surface area contributed by atoms with Crippen LogP contribution in [0.5, 0.6) is 0 Å². The van der Waals surface area contributed by atoms with Crippen LogP contribution < -0.4 is 0 Å². The van der Waals surface area contributed by atoms with Gasteiger partial charge in [0.1, 0.15) is 5.84 Å². The third kappa shape index (κ3) is 1.52. The molecule has 0 aromatic rings. The van der Waals surface area contributed by atoms with Crippen LogP contribution in [0.25, 0.3) is 0 Å². The van der Waals surface area contributed by atoms with Crippen molar-refractivity contribution in [3.8, 4) is 0 Å². The fraction of sp³-hybridized carbons (Fsp3) is 0.625. The molecule has 1 rings (SSSR count). The standard InChI is InChI=1S/C8H12N2O2/c1-3-9-6(2)10-7(11)4-5-8(10)12/h3-5H2,1-2H3. The van der Waals surface area contributed by atoms with E-state index in [0.717, 1.165) is 0 Å². The van der Waals surface area contributed by atoms with Gasteiger partial charge in [0.05, 0.1) is 0 Å². The van der Waals surface area contributed by atoms with Crippen LogP contribution >= 0.6 is 0 Å². The number of carbonyl (C=O) groups excluding carboxylic acids is 2. The van der Waals surface area contributed by atoms with E-state index in [1.165, 1.54) is 4.90 Å². The molecule has 0 spiro atoms. The van der Waals surface area contributed by atoms with Gasteiger partial charge >= 0.3 is 0 Å². The van der Waals surface area contributed by atoms with Crippen LogP contribution in [-0.2, 0) is 9.59 Å². The summed E-state index contributed by atoms with van der Waals surface area (Å²) < 4.78 is 0. The van der Waals surface area contributed by atoms with Crippen LogP contribution in [0.15, 0.2) is 4.99 Å². The van der Waals surface area contributed by atoms with Crippen molar-refractivity contribution in [3.05, 3.63) is 0 Å². The smallest absolute Gasteiger partial charge is 0.235 e. The van der Waals surface area contributed by atoms with Crippen LogP contribution in [-0.4, -0.2) is 29.1 Å². The van der Waals surface area contributed by atoms with Gasteiger partial charge in [0.2, 0.25) is 11.8 Å². The average Bonchev–Trinajstić information content (AvgIpc) is 2.32. The second-order valence-electron chi connectivity index (χ2n) is 2.64. The Kier molecular flexibility index (Phi) is 2.58. The van der Waals surface area contributed by atoms with E-state index in [1.807, 2.05) is 6.92 Å². The molecule has 1 saturated heterocycles. The van der Waals surface area contributed by atoms with E-state index in [4.69, 9.17) is 0 Å². The van der Waals surface area contributed by atoms with E-state index < -0.39 is 0 Å². The molecule has 0 N–H and O–H groups in total. The Morgan fingerprint density at radius 1 is 1.42 bits per heavy atom. The quantitative estimate of drug-likeness (QED) is 0.326. The van der Waals surface area contributed by atoms with Gasteiger partial charge in [0, 0.05) is 19.4 Å². The molecule has 0 aromatic heterocycles. The minimum Gasteiger partial charge on any atom is -0.274 e. The van der Waals surface area contributed by atoms with E-state index in [9.17, 15) is 9.59 Å². The third-order valence-electron chi connectivity index (χ3n) is 1.76. The Hall–Kier alpha value is -1.19. The van der Waals surface area contributed by atoms with Crippen LogP contribution in [0, 0.1) is 0 Å². The minimum absolute atomic E-state index is 0.130. The van der Waals surface area contributed by atoms with Crippen molar-refractivity contribution in [2.75, 3.05) is 6.54 Å². The Morgan fingerprint density at radius 2 is 1.92 bits per heavy atom. The zero-order valence-corrected chi connectivity index (χ0v) is 7.33. The fourth-order valence-corrected chi connectivity index (χ4v) is 1.24. The molecule has 0 unspecified atom stereocenters. The SMILES string of the molecule is CCN=C(C)N1C(=O)CCC1=O. The molecule has 1 aliphatic heterocycles. The lowest BCUT2D eigenvalue weighted by molar-refractivity contribution is -0.133. The van der Waals surface area contributed by atoms with E-state index in [2.05, 4.69) is 4.99 Å². The summed E-state index contributed by atoms with van der Waals surface area (Å²) in [5.74, 6) is 0.259. The number of hydrogen-bond acceptors (Lipinski definition) is 3. The maximum atomic E-state index is 11.1. The molecule has 66 valence electrons. The summed E-state index contributed by atoms with van der Waals surface area (Å²) in [4.78, 5) is 27.4. The number of nitrogens with zero attached hydrogens (tertiary/aromatic N) is 2. The van der Waals surface area contributed by atoms with Crippen molar-refractivity contribution in [2.45, 2.75) is 26.7 Å². The van der Waals surface area contributed by atoms with Gasteiger partial charge in [-0.2, -0.15) is 0 Å². The topological polar surface area (TPSA) is 49.7 Å². The van der Waals surface area contributed by atoms with Gasteiger partial charge in [0.25, 0.3) is 0 Å². The van der Waals surface area contributed by atoms with E-state index >= 15 is 0 Å². The maximum absolute atomic E-state index is 11.1. The predicted octanol–water partition coefficient (Wildman–Crippen LogP) is 0.574. The normalized spacial score (nSPS) is 19.2. The number of imide groups is 1. The molecule has 4 nitrogen and oxygen atoms in total.